The number of amides is 2. The van der Waals surface area contributed by atoms with Crippen LogP contribution in [0.1, 0.15) is 25.8 Å². The molecule has 14 heteroatoms. The van der Waals surface area contributed by atoms with E-state index in [9.17, 15) is 35.9 Å². The Morgan fingerprint density at radius 2 is 1.73 bits per heavy atom. The maximum Gasteiger partial charge on any atom is 0.405 e. The van der Waals surface area contributed by atoms with E-state index < -0.39 is 43.2 Å². The van der Waals surface area contributed by atoms with Crippen molar-refractivity contribution in [1.82, 2.24) is 25.6 Å². The molecule has 0 aliphatic carbocycles. The maximum atomic E-state index is 12.5. The Bertz CT molecular complexity index is 1250. The van der Waals surface area contributed by atoms with Crippen LogP contribution in [0.2, 0.25) is 0 Å². The van der Waals surface area contributed by atoms with Crippen LogP contribution in [0.25, 0.3) is 22.2 Å². The lowest BCUT2D eigenvalue weighted by Gasteiger charge is -2.23. The second-order valence-corrected chi connectivity index (χ2v) is 8.67. The molecule has 0 spiro atoms. The van der Waals surface area contributed by atoms with Crippen molar-refractivity contribution in [1.29, 1.82) is 0 Å². The molecule has 0 bridgehead atoms. The number of anilines is 1. The van der Waals surface area contributed by atoms with Gasteiger partial charge >= 0.3 is 12.4 Å². The third-order valence-corrected chi connectivity index (χ3v) is 5.22. The molecule has 0 fully saturated rings. The van der Waals surface area contributed by atoms with E-state index >= 15 is 0 Å². The first-order valence-electron chi connectivity index (χ1n) is 11.1. The number of nitrogens with one attached hydrogen (secondary N) is 4. The van der Waals surface area contributed by atoms with Crippen LogP contribution in [0.15, 0.2) is 36.9 Å². The minimum atomic E-state index is -4.61. The molecule has 200 valence electrons. The van der Waals surface area contributed by atoms with Crippen molar-refractivity contribution in [3.05, 3.63) is 42.5 Å². The van der Waals surface area contributed by atoms with Crippen molar-refractivity contribution in [2.45, 2.75) is 45.2 Å². The fourth-order valence-electron chi connectivity index (χ4n) is 3.51. The van der Waals surface area contributed by atoms with Gasteiger partial charge in [-0.15, -0.1) is 0 Å². The first kappa shape index (κ1) is 27.7. The second kappa shape index (κ2) is 11.0. The fraction of sp³-hybridized carbons (Fsp3) is 0.391. The summed E-state index contributed by atoms with van der Waals surface area (Å²) in [7, 11) is 0. The van der Waals surface area contributed by atoms with Gasteiger partial charge in [-0.05, 0) is 23.6 Å². The number of fused-ring (bicyclic) bond motifs is 1. The third-order valence-electron chi connectivity index (χ3n) is 5.22. The Labute approximate surface area is 207 Å². The zero-order valence-corrected chi connectivity index (χ0v) is 19.7. The van der Waals surface area contributed by atoms with Crippen molar-refractivity contribution in [2.75, 3.05) is 11.9 Å². The van der Waals surface area contributed by atoms with E-state index in [-0.39, 0.29) is 12.5 Å². The minimum Gasteiger partial charge on any atom is -0.372 e. The number of nitrogens with zero attached hydrogens (tertiary/aromatic N) is 2. The first-order valence-corrected chi connectivity index (χ1v) is 11.1. The van der Waals surface area contributed by atoms with Crippen molar-refractivity contribution in [3.63, 3.8) is 0 Å². The summed E-state index contributed by atoms with van der Waals surface area (Å²) in [4.78, 5) is 35.2. The molecule has 1 atom stereocenters. The molecule has 8 nitrogen and oxygen atoms in total. The van der Waals surface area contributed by atoms with Gasteiger partial charge in [0.1, 0.15) is 24.7 Å². The highest BCUT2D eigenvalue weighted by molar-refractivity contribution is 5.94. The number of carbonyl (C=O) groups is 2. The number of rotatable bonds is 9. The highest BCUT2D eigenvalue weighted by Crippen LogP contribution is 2.30. The van der Waals surface area contributed by atoms with E-state index in [0.29, 0.717) is 33.4 Å². The summed E-state index contributed by atoms with van der Waals surface area (Å²) in [5.41, 5.74) is 2.54. The SMILES string of the molecule is CC(C)C(Nc1cncc(-c2c[nH]c3ncc(CNC(=O)CC(F)(F)F)cc23)c1)C(=O)NCC(F)(F)F. The largest absolute Gasteiger partial charge is 0.405 e. The van der Waals surface area contributed by atoms with Crippen molar-refractivity contribution >= 4 is 28.5 Å². The highest BCUT2D eigenvalue weighted by atomic mass is 19.4. The van der Waals surface area contributed by atoms with Crippen LogP contribution in [0, 0.1) is 5.92 Å². The van der Waals surface area contributed by atoms with Crippen LogP contribution in [0.4, 0.5) is 32.0 Å². The van der Waals surface area contributed by atoms with Gasteiger partial charge in [0.25, 0.3) is 0 Å². The predicted molar refractivity (Wildman–Crippen MR) is 123 cm³/mol. The lowest BCUT2D eigenvalue weighted by molar-refractivity contribution is -0.153. The van der Waals surface area contributed by atoms with Gasteiger partial charge in [-0.25, -0.2) is 4.98 Å². The molecule has 0 radical (unpaired) electrons. The normalized spacial score (nSPS) is 13.0. The molecule has 0 saturated carbocycles. The predicted octanol–water partition coefficient (Wildman–Crippen LogP) is 4.31. The third kappa shape index (κ3) is 8.08. The molecule has 3 aromatic rings. The number of hydrogen-bond acceptors (Lipinski definition) is 5. The molecule has 3 aromatic heterocycles. The summed E-state index contributed by atoms with van der Waals surface area (Å²) in [5, 5.41) is 7.60. The maximum absolute atomic E-state index is 12.5. The summed E-state index contributed by atoms with van der Waals surface area (Å²) < 4.78 is 74.6. The summed E-state index contributed by atoms with van der Waals surface area (Å²) in [5.74, 6) is -2.32. The van der Waals surface area contributed by atoms with Gasteiger partial charge in [0.2, 0.25) is 11.8 Å². The van der Waals surface area contributed by atoms with Crippen molar-refractivity contribution < 1.29 is 35.9 Å². The molecule has 37 heavy (non-hydrogen) atoms. The molecule has 3 heterocycles. The summed E-state index contributed by atoms with van der Waals surface area (Å²) in [6.07, 6.45) is -4.73. The van der Waals surface area contributed by atoms with E-state index in [1.54, 1.807) is 32.2 Å². The Hall–Kier alpha value is -3.84. The van der Waals surface area contributed by atoms with Crippen LogP contribution < -0.4 is 16.0 Å². The summed E-state index contributed by atoms with van der Waals surface area (Å²) in [6.45, 7) is 1.76. The summed E-state index contributed by atoms with van der Waals surface area (Å²) in [6, 6.07) is 2.35. The average molecular weight is 530 g/mol. The Morgan fingerprint density at radius 3 is 2.38 bits per heavy atom. The van der Waals surface area contributed by atoms with E-state index in [2.05, 4.69) is 25.6 Å². The zero-order chi connectivity index (χ0) is 27.4. The number of pyridine rings is 2. The van der Waals surface area contributed by atoms with Crippen molar-refractivity contribution in [2.24, 2.45) is 5.92 Å². The number of carbonyl (C=O) groups excluding carboxylic acids is 2. The van der Waals surface area contributed by atoms with Gasteiger partial charge in [-0.2, -0.15) is 26.3 Å². The van der Waals surface area contributed by atoms with Gasteiger partial charge in [-0.3, -0.25) is 14.6 Å². The molecule has 0 aliphatic heterocycles. The van der Waals surface area contributed by atoms with Gasteiger partial charge in [0, 0.05) is 47.8 Å². The zero-order valence-electron chi connectivity index (χ0n) is 19.7. The summed E-state index contributed by atoms with van der Waals surface area (Å²) >= 11 is 0. The van der Waals surface area contributed by atoms with E-state index in [0.717, 1.165) is 0 Å². The molecular formula is C23H24F6N6O2. The number of aromatic nitrogens is 3. The number of H-pyrrole nitrogens is 1. The first-order chi connectivity index (χ1) is 17.2. The minimum absolute atomic E-state index is 0.161. The molecule has 4 N–H and O–H groups in total. The van der Waals surface area contributed by atoms with Gasteiger partial charge in [-0.1, -0.05) is 13.8 Å². The second-order valence-electron chi connectivity index (χ2n) is 8.67. The molecule has 2 amide bonds. The highest BCUT2D eigenvalue weighted by Gasteiger charge is 2.31. The number of halogens is 6. The average Bonchev–Trinajstić information content (AvgIpc) is 3.21. The molecule has 1 unspecified atom stereocenters. The van der Waals surface area contributed by atoms with E-state index in [4.69, 9.17) is 0 Å². The van der Waals surface area contributed by atoms with Crippen LogP contribution in [0.5, 0.6) is 0 Å². The monoisotopic (exact) mass is 530 g/mol. The fourth-order valence-corrected chi connectivity index (χ4v) is 3.51. The number of hydrogen-bond donors (Lipinski definition) is 4. The standard InChI is InChI=1S/C23H24F6N6O2/c1-12(2)19(21(37)34-11-23(27,28)29)35-15-4-14(8-30-9-15)17-10-33-20-16(17)3-13(7-32-20)6-31-18(36)5-22(24,25)26/h3-4,7-10,12,19,35H,5-6,11H2,1-2H3,(H,31,36)(H,32,33)(H,34,37). The Morgan fingerprint density at radius 1 is 1.00 bits per heavy atom. The smallest absolute Gasteiger partial charge is 0.372 e. The molecule has 0 aliphatic rings. The molecule has 3 rings (SSSR count). The lowest BCUT2D eigenvalue weighted by atomic mass is 10.0. The Kier molecular flexibility index (Phi) is 8.28. The van der Waals surface area contributed by atoms with E-state index in [1.807, 2.05) is 5.32 Å². The van der Waals surface area contributed by atoms with Crippen LogP contribution >= 0.6 is 0 Å². The topological polar surface area (TPSA) is 112 Å². The molecule has 0 saturated heterocycles. The van der Waals surface area contributed by atoms with Gasteiger partial charge in [0.15, 0.2) is 0 Å². The lowest BCUT2D eigenvalue weighted by Crippen LogP contribution is -2.46. The van der Waals surface area contributed by atoms with Gasteiger partial charge < -0.3 is 20.9 Å². The van der Waals surface area contributed by atoms with Gasteiger partial charge in [0.05, 0.1) is 5.69 Å². The Balaban J connectivity index is 1.79. The van der Waals surface area contributed by atoms with Crippen LogP contribution in [-0.2, 0) is 16.1 Å². The molecular weight excluding hydrogens is 506 g/mol. The number of aromatic amines is 1. The van der Waals surface area contributed by atoms with Crippen LogP contribution in [-0.4, -0.2) is 51.7 Å². The molecule has 0 aromatic carbocycles. The van der Waals surface area contributed by atoms with E-state index in [1.165, 1.54) is 18.6 Å². The van der Waals surface area contributed by atoms with Crippen LogP contribution in [0.3, 0.4) is 0 Å². The number of alkyl halides is 6. The van der Waals surface area contributed by atoms with Crippen molar-refractivity contribution in [3.8, 4) is 11.1 Å². The quantitative estimate of drug-likeness (QED) is 0.308.